The number of halogens is 2. The van der Waals surface area contributed by atoms with Crippen LogP contribution in [-0.2, 0) is 37.0 Å². The van der Waals surface area contributed by atoms with Crippen molar-refractivity contribution >= 4 is 47.7 Å². The summed E-state index contributed by atoms with van der Waals surface area (Å²) in [6.45, 7) is 17.3. The van der Waals surface area contributed by atoms with Crippen molar-refractivity contribution in [3.05, 3.63) is 168 Å². The SMILES string of the molecule is Cc1cc(C(C)(C)C)cc(P(c2ccccc2)c2ccccc2)c1O.Cc1cc(C(C)(C)C)cc(P(c2ccccc2)c2ccccc2)c1O.[Cl-].[Cl-].[Zr+2]. The topological polar surface area (TPSA) is 40.5 Å². The van der Waals surface area contributed by atoms with Crippen LogP contribution in [0.25, 0.3) is 0 Å². The molecular weight excluding hydrogens is 809 g/mol. The van der Waals surface area contributed by atoms with Crippen molar-refractivity contribution in [3.63, 3.8) is 0 Å². The normalized spacial score (nSPS) is 11.1. The van der Waals surface area contributed by atoms with Crippen molar-refractivity contribution in [2.75, 3.05) is 0 Å². The van der Waals surface area contributed by atoms with Gasteiger partial charge in [0.25, 0.3) is 0 Å². The Labute approximate surface area is 352 Å². The van der Waals surface area contributed by atoms with Gasteiger partial charge >= 0.3 is 26.2 Å². The molecule has 274 valence electrons. The van der Waals surface area contributed by atoms with E-state index in [1.165, 1.54) is 32.3 Å². The Bertz CT molecular complexity index is 1790. The van der Waals surface area contributed by atoms with Crippen molar-refractivity contribution in [2.24, 2.45) is 0 Å². The van der Waals surface area contributed by atoms with E-state index in [0.29, 0.717) is 11.5 Å². The molecule has 7 heteroatoms. The summed E-state index contributed by atoms with van der Waals surface area (Å²) in [7, 11) is -1.59. The van der Waals surface area contributed by atoms with Crippen LogP contribution >= 0.6 is 15.8 Å². The number of hydrogen-bond donors (Lipinski definition) is 2. The summed E-state index contributed by atoms with van der Waals surface area (Å²) < 4.78 is 0. The van der Waals surface area contributed by atoms with Gasteiger partial charge in [0.15, 0.2) is 0 Å². The number of rotatable bonds is 6. The zero-order chi connectivity index (χ0) is 36.1. The standard InChI is InChI=1S/2C23H25OP.2ClH.Zr/c2*1-17-15-18(23(2,3)4)16-21(22(17)24)25(19-11-7-5-8-12-19)20-13-9-6-10-14-20;;;/h2*5-16,24H,1-4H3;2*1H;/q;;;;+2/p-2. The van der Waals surface area contributed by atoms with Gasteiger partial charge < -0.3 is 35.0 Å². The molecule has 0 aromatic heterocycles. The summed E-state index contributed by atoms with van der Waals surface area (Å²) in [5, 5.41) is 28.9. The molecule has 6 aromatic carbocycles. The van der Waals surface area contributed by atoms with Crippen LogP contribution in [0.5, 0.6) is 11.5 Å². The van der Waals surface area contributed by atoms with Gasteiger partial charge in [-0.15, -0.1) is 0 Å². The predicted octanol–water partition coefficient (Wildman–Crippen LogP) is 3.52. The minimum absolute atomic E-state index is 0. The van der Waals surface area contributed by atoms with Crippen LogP contribution in [-0.4, -0.2) is 10.2 Å². The summed E-state index contributed by atoms with van der Waals surface area (Å²) >= 11 is 0. The number of aromatic hydroxyl groups is 2. The second-order valence-electron chi connectivity index (χ2n) is 14.8. The molecule has 0 saturated heterocycles. The number of aryl methyl sites for hydroxylation is 2. The van der Waals surface area contributed by atoms with Crippen LogP contribution in [0.3, 0.4) is 0 Å². The molecule has 0 radical (unpaired) electrons. The predicted molar refractivity (Wildman–Crippen MR) is 220 cm³/mol. The second-order valence-corrected chi connectivity index (χ2v) is 19.2. The van der Waals surface area contributed by atoms with Gasteiger partial charge in [-0.1, -0.05) is 175 Å². The number of hydrogen-bond acceptors (Lipinski definition) is 2. The molecule has 0 spiro atoms. The Morgan fingerprint density at radius 1 is 0.396 bits per heavy atom. The maximum atomic E-state index is 10.9. The molecule has 0 atom stereocenters. The molecule has 0 amide bonds. The fourth-order valence-electron chi connectivity index (χ4n) is 5.89. The number of benzene rings is 6. The molecule has 0 fully saturated rings. The molecule has 0 aliphatic rings. The molecule has 6 aromatic rings. The minimum atomic E-state index is -0.796. The van der Waals surface area contributed by atoms with Crippen molar-refractivity contribution in [3.8, 4) is 11.5 Å². The molecule has 2 nitrogen and oxygen atoms in total. The van der Waals surface area contributed by atoms with Crippen molar-refractivity contribution in [1.82, 2.24) is 0 Å². The largest absolute Gasteiger partial charge is 2.00 e. The summed E-state index contributed by atoms with van der Waals surface area (Å²) in [5.41, 5.74) is 4.50. The van der Waals surface area contributed by atoms with E-state index in [1.54, 1.807) is 0 Å². The first kappa shape index (κ1) is 46.4. The fourth-order valence-corrected chi connectivity index (χ4v) is 10.8. The first-order valence-corrected chi connectivity index (χ1v) is 19.9. The van der Waals surface area contributed by atoms with E-state index >= 15 is 0 Å². The molecule has 0 bridgehead atoms. The first-order valence-electron chi connectivity index (χ1n) is 17.2. The third kappa shape index (κ3) is 11.6. The third-order valence-electron chi connectivity index (χ3n) is 8.83. The molecule has 53 heavy (non-hydrogen) atoms. The first-order chi connectivity index (χ1) is 23.8. The Hall–Kier alpha value is -2.76. The second kappa shape index (κ2) is 20.2. The van der Waals surface area contributed by atoms with Gasteiger partial charge in [0.05, 0.1) is 0 Å². The summed E-state index contributed by atoms with van der Waals surface area (Å²) in [6, 6.07) is 50.7. The maximum Gasteiger partial charge on any atom is 2.00 e. The molecule has 0 aliphatic carbocycles. The van der Waals surface area contributed by atoms with Crippen molar-refractivity contribution < 1.29 is 61.2 Å². The van der Waals surface area contributed by atoms with Crippen LogP contribution in [0.4, 0.5) is 0 Å². The van der Waals surface area contributed by atoms with Crippen LogP contribution in [0, 0.1) is 13.8 Å². The summed E-state index contributed by atoms with van der Waals surface area (Å²) in [4.78, 5) is 0. The third-order valence-corrected chi connectivity index (χ3v) is 13.7. The Morgan fingerprint density at radius 2 is 0.623 bits per heavy atom. The van der Waals surface area contributed by atoms with E-state index < -0.39 is 15.8 Å². The average Bonchev–Trinajstić information content (AvgIpc) is 3.10. The quantitative estimate of drug-likeness (QED) is 0.252. The average molecular weight is 859 g/mol. The van der Waals surface area contributed by atoms with E-state index in [1.807, 2.05) is 38.1 Å². The molecule has 2 N–H and O–H groups in total. The molecular formula is C46H50Cl2O2P2Zr. The van der Waals surface area contributed by atoms with E-state index in [4.69, 9.17) is 0 Å². The van der Waals surface area contributed by atoms with Crippen LogP contribution in [0.2, 0.25) is 0 Å². The van der Waals surface area contributed by atoms with Crippen LogP contribution in [0.15, 0.2) is 146 Å². The molecule has 0 unspecified atom stereocenters. The summed E-state index contributed by atoms with van der Waals surface area (Å²) in [5.74, 6) is 0.846. The fraction of sp³-hybridized carbons (Fsp3) is 0.217. The Morgan fingerprint density at radius 3 is 0.830 bits per heavy atom. The Balaban J connectivity index is 0.000000347. The van der Waals surface area contributed by atoms with Gasteiger partial charge in [0.1, 0.15) is 11.5 Å². The van der Waals surface area contributed by atoms with E-state index in [9.17, 15) is 10.2 Å². The van der Waals surface area contributed by atoms with E-state index in [-0.39, 0.29) is 61.8 Å². The molecule has 0 saturated carbocycles. The van der Waals surface area contributed by atoms with E-state index in [0.717, 1.165) is 21.7 Å². The zero-order valence-electron chi connectivity index (χ0n) is 31.9. The maximum absolute atomic E-state index is 10.9. The van der Waals surface area contributed by atoms with Crippen molar-refractivity contribution in [2.45, 2.75) is 66.2 Å². The van der Waals surface area contributed by atoms with Gasteiger partial charge in [0.2, 0.25) is 0 Å². The Kier molecular flexibility index (Phi) is 17.7. The van der Waals surface area contributed by atoms with Gasteiger partial charge in [-0.05, 0) is 96.1 Å². The van der Waals surface area contributed by atoms with E-state index in [2.05, 4.69) is 163 Å². The van der Waals surface area contributed by atoms with Crippen LogP contribution < -0.4 is 56.6 Å². The van der Waals surface area contributed by atoms with Crippen molar-refractivity contribution in [1.29, 1.82) is 0 Å². The van der Waals surface area contributed by atoms with Crippen LogP contribution in [0.1, 0.15) is 63.8 Å². The van der Waals surface area contributed by atoms with Gasteiger partial charge in [-0.3, -0.25) is 0 Å². The number of phenolic OH excluding ortho intramolecular Hbond substituents is 2. The van der Waals surface area contributed by atoms with Gasteiger partial charge in [0, 0.05) is 10.6 Å². The van der Waals surface area contributed by atoms with Gasteiger partial charge in [-0.2, -0.15) is 0 Å². The minimum Gasteiger partial charge on any atom is -1.00 e. The molecule has 0 aliphatic heterocycles. The van der Waals surface area contributed by atoms with Gasteiger partial charge in [-0.25, -0.2) is 0 Å². The smallest absolute Gasteiger partial charge is 1.00 e. The summed E-state index contributed by atoms with van der Waals surface area (Å²) in [6.07, 6.45) is 0. The monoisotopic (exact) mass is 856 g/mol. The molecule has 0 heterocycles. The molecule has 6 rings (SSSR count). The zero-order valence-corrected chi connectivity index (χ0v) is 37.7. The number of phenols is 2.